The monoisotopic (exact) mass is 576 g/mol. The number of carbonyl (C=O) groups is 3. The molecule has 1 amide bonds. The van der Waals surface area contributed by atoms with Gasteiger partial charge in [0.25, 0.3) is 5.91 Å². The highest BCUT2D eigenvalue weighted by molar-refractivity contribution is 6.39. The summed E-state index contributed by atoms with van der Waals surface area (Å²) < 4.78 is 43.8. The van der Waals surface area contributed by atoms with Crippen LogP contribution in [0.3, 0.4) is 0 Å². The molecule has 1 aliphatic rings. The molecule has 0 bridgehead atoms. The molecule has 208 valence electrons. The highest BCUT2D eigenvalue weighted by Crippen LogP contribution is 2.40. The summed E-state index contributed by atoms with van der Waals surface area (Å²) >= 11 is 12.2. The van der Waals surface area contributed by atoms with Gasteiger partial charge in [0.2, 0.25) is 0 Å². The average Bonchev–Trinajstić information content (AvgIpc) is 3.23. The van der Waals surface area contributed by atoms with Gasteiger partial charge in [0, 0.05) is 25.4 Å². The Bertz CT molecular complexity index is 1180. The van der Waals surface area contributed by atoms with E-state index in [1.807, 2.05) is 0 Å². The minimum atomic E-state index is -4.89. The topological polar surface area (TPSA) is 105 Å². The second-order valence-corrected chi connectivity index (χ2v) is 11.6. The zero-order valence-electron chi connectivity index (χ0n) is 21.2. The van der Waals surface area contributed by atoms with Gasteiger partial charge >= 0.3 is 12.1 Å². The van der Waals surface area contributed by atoms with Gasteiger partial charge in [-0.2, -0.15) is 18.3 Å². The highest BCUT2D eigenvalue weighted by atomic mass is 35.5. The highest BCUT2D eigenvalue weighted by Gasteiger charge is 2.43. The van der Waals surface area contributed by atoms with E-state index in [2.05, 4.69) is 10.1 Å². The van der Waals surface area contributed by atoms with E-state index in [0.29, 0.717) is 25.7 Å². The number of alkyl halides is 3. The van der Waals surface area contributed by atoms with Gasteiger partial charge in [0.05, 0.1) is 40.0 Å². The number of aromatic nitrogens is 3. The fraction of sp³-hybridized carbons (Fsp3) is 0.560. The maximum Gasteiger partial charge on any atom is 0.433 e. The molecule has 3 rings (SSSR count). The molecule has 2 aromatic heterocycles. The van der Waals surface area contributed by atoms with E-state index in [1.54, 1.807) is 20.8 Å². The van der Waals surface area contributed by atoms with E-state index in [0.717, 1.165) is 15.8 Å². The number of amides is 1. The van der Waals surface area contributed by atoms with Gasteiger partial charge in [0.15, 0.2) is 11.5 Å². The Morgan fingerprint density at radius 2 is 1.63 bits per heavy atom. The molecule has 0 saturated heterocycles. The van der Waals surface area contributed by atoms with Crippen molar-refractivity contribution in [1.82, 2.24) is 19.7 Å². The predicted molar refractivity (Wildman–Crippen MR) is 134 cm³/mol. The molecule has 8 nitrogen and oxygen atoms in total. The number of halogens is 5. The van der Waals surface area contributed by atoms with Crippen LogP contribution in [0.25, 0.3) is 0 Å². The lowest BCUT2D eigenvalue weighted by atomic mass is 9.84. The molecule has 13 heteroatoms. The van der Waals surface area contributed by atoms with Crippen molar-refractivity contribution in [2.75, 3.05) is 13.1 Å². The zero-order valence-corrected chi connectivity index (χ0v) is 22.7. The van der Waals surface area contributed by atoms with Crippen molar-refractivity contribution in [2.45, 2.75) is 65.1 Å². The van der Waals surface area contributed by atoms with Crippen LogP contribution in [0, 0.1) is 11.3 Å². The van der Waals surface area contributed by atoms with Gasteiger partial charge in [-0.05, 0) is 37.0 Å². The van der Waals surface area contributed by atoms with Crippen molar-refractivity contribution in [1.29, 1.82) is 0 Å². The second-order valence-electron chi connectivity index (χ2n) is 10.7. The Labute approximate surface area is 228 Å². The number of carbonyl (C=O) groups excluding carboxylic acids is 2. The number of nitrogens with zero attached hydrogens (tertiary/aromatic N) is 4. The molecule has 1 fully saturated rings. The molecular formula is C25H29Cl2F3N4O4. The number of carboxylic acids is 1. The van der Waals surface area contributed by atoms with Crippen LogP contribution in [0.5, 0.6) is 0 Å². The van der Waals surface area contributed by atoms with Gasteiger partial charge in [-0.3, -0.25) is 24.0 Å². The normalized spacial score (nSPS) is 18.3. The molecule has 0 radical (unpaired) electrons. The Morgan fingerprint density at radius 3 is 2.13 bits per heavy atom. The molecule has 1 aliphatic carbocycles. The molecule has 1 N–H and O–H groups in total. The molecule has 0 aromatic carbocycles. The SMILES string of the molecule is CC(C)(C)CN(CC(=O)c1c(Cl)cncc1Cl)C(=O)c1cnn([C@H]2CC[C@H](CC(=O)O)CC2)c1C(F)(F)F. The maximum absolute atomic E-state index is 14.3. The van der Waals surface area contributed by atoms with E-state index in [4.69, 9.17) is 28.3 Å². The van der Waals surface area contributed by atoms with Crippen LogP contribution in [-0.2, 0) is 11.0 Å². The maximum atomic E-state index is 14.3. The smallest absolute Gasteiger partial charge is 0.433 e. The van der Waals surface area contributed by atoms with Crippen molar-refractivity contribution in [2.24, 2.45) is 11.3 Å². The van der Waals surface area contributed by atoms with Gasteiger partial charge in [-0.1, -0.05) is 44.0 Å². The summed E-state index contributed by atoms with van der Waals surface area (Å²) in [6, 6.07) is -0.634. The van der Waals surface area contributed by atoms with Crippen molar-refractivity contribution >= 4 is 40.9 Å². The fourth-order valence-corrected chi connectivity index (χ4v) is 5.37. The first kappa shape index (κ1) is 29.9. The number of ketones is 1. The van der Waals surface area contributed by atoms with E-state index < -0.39 is 53.1 Å². The first-order valence-corrected chi connectivity index (χ1v) is 12.8. The van der Waals surface area contributed by atoms with Crippen LogP contribution >= 0.6 is 23.2 Å². The molecule has 0 atom stereocenters. The largest absolute Gasteiger partial charge is 0.481 e. The number of rotatable bonds is 8. The summed E-state index contributed by atoms with van der Waals surface area (Å²) in [6.45, 7) is 4.78. The van der Waals surface area contributed by atoms with Crippen LogP contribution in [-0.4, -0.2) is 55.5 Å². The number of aliphatic carboxylic acids is 1. The third kappa shape index (κ3) is 7.25. The Hall–Kier alpha value is -2.66. The Kier molecular flexibility index (Phi) is 9.13. The summed E-state index contributed by atoms with van der Waals surface area (Å²) in [7, 11) is 0. The van der Waals surface area contributed by atoms with Gasteiger partial charge in [-0.15, -0.1) is 0 Å². The lowest BCUT2D eigenvalue weighted by Crippen LogP contribution is -2.42. The number of Topliss-reactive ketones (excluding diaryl/α,β-unsaturated/α-hetero) is 1. The number of carboxylic acid groups (broad SMARTS) is 1. The van der Waals surface area contributed by atoms with E-state index in [-0.39, 0.29) is 34.5 Å². The predicted octanol–water partition coefficient (Wildman–Crippen LogP) is 6.18. The molecule has 0 unspecified atom stereocenters. The van der Waals surface area contributed by atoms with Crippen molar-refractivity contribution in [3.05, 3.63) is 45.5 Å². The van der Waals surface area contributed by atoms with Crippen LogP contribution in [0.4, 0.5) is 13.2 Å². The first-order valence-electron chi connectivity index (χ1n) is 12.1. The second kappa shape index (κ2) is 11.6. The summed E-state index contributed by atoms with van der Waals surface area (Å²) in [5.74, 6) is -2.69. The molecule has 38 heavy (non-hydrogen) atoms. The van der Waals surface area contributed by atoms with Crippen LogP contribution in [0.1, 0.15) is 85.3 Å². The van der Waals surface area contributed by atoms with Crippen LogP contribution < -0.4 is 0 Å². The average molecular weight is 577 g/mol. The summed E-state index contributed by atoms with van der Waals surface area (Å²) in [5, 5.41) is 12.9. The number of hydrogen-bond acceptors (Lipinski definition) is 5. The third-order valence-corrected chi connectivity index (χ3v) is 6.91. The van der Waals surface area contributed by atoms with Gasteiger partial charge in [-0.25, -0.2) is 0 Å². The van der Waals surface area contributed by atoms with Gasteiger partial charge < -0.3 is 10.0 Å². The fourth-order valence-electron chi connectivity index (χ4n) is 4.79. The van der Waals surface area contributed by atoms with Crippen LogP contribution in [0.15, 0.2) is 18.6 Å². The number of hydrogen-bond donors (Lipinski definition) is 1. The molecular weight excluding hydrogens is 548 g/mol. The lowest BCUT2D eigenvalue weighted by Gasteiger charge is -2.31. The van der Waals surface area contributed by atoms with E-state index in [1.165, 1.54) is 12.4 Å². The minimum absolute atomic E-state index is 0.0271. The molecule has 2 aromatic rings. The summed E-state index contributed by atoms with van der Waals surface area (Å²) in [4.78, 5) is 42.5. The van der Waals surface area contributed by atoms with Crippen LogP contribution in [0.2, 0.25) is 10.0 Å². The molecule has 0 aliphatic heterocycles. The standard InChI is InChI=1S/C25H29Cl2F3N4O4/c1-24(2,3)13-33(12-19(35)21-17(26)10-31-11-18(21)27)23(38)16-9-32-34(22(16)25(28,29)30)15-6-4-14(5-7-15)8-20(36)37/h9-11,14-15H,4-8,12-13H2,1-3H3,(H,36,37)/t14-,15-. The van der Waals surface area contributed by atoms with Crippen molar-refractivity contribution in [3.63, 3.8) is 0 Å². The van der Waals surface area contributed by atoms with E-state index >= 15 is 0 Å². The Balaban J connectivity index is 1.94. The molecule has 1 saturated carbocycles. The van der Waals surface area contributed by atoms with Gasteiger partial charge in [0.1, 0.15) is 0 Å². The van der Waals surface area contributed by atoms with Crippen molar-refractivity contribution in [3.8, 4) is 0 Å². The minimum Gasteiger partial charge on any atom is -0.481 e. The first-order chi connectivity index (χ1) is 17.6. The van der Waals surface area contributed by atoms with E-state index in [9.17, 15) is 27.6 Å². The zero-order chi connectivity index (χ0) is 28.4. The lowest BCUT2D eigenvalue weighted by molar-refractivity contribution is -0.145. The molecule has 0 spiro atoms. The summed E-state index contributed by atoms with van der Waals surface area (Å²) in [5.41, 5.74) is -2.47. The number of pyridine rings is 1. The molecule has 2 heterocycles. The van der Waals surface area contributed by atoms with Crippen molar-refractivity contribution < 1.29 is 32.7 Å². The third-order valence-electron chi connectivity index (χ3n) is 6.34. The Morgan fingerprint density at radius 1 is 1.05 bits per heavy atom. The quantitative estimate of drug-likeness (QED) is 0.376. The summed E-state index contributed by atoms with van der Waals surface area (Å²) in [6.07, 6.45) is -0.121.